The number of hydrogen-bond donors (Lipinski definition) is 2. The van der Waals surface area contributed by atoms with Crippen molar-refractivity contribution in [3.8, 4) is 0 Å². The van der Waals surface area contributed by atoms with Gasteiger partial charge in [-0.2, -0.15) is 0 Å². The van der Waals surface area contributed by atoms with Crippen LogP contribution in [-0.4, -0.2) is 47.9 Å². The number of nitrogens with one attached hydrogen (secondary N) is 2. The van der Waals surface area contributed by atoms with Crippen molar-refractivity contribution in [1.82, 2.24) is 15.2 Å². The van der Waals surface area contributed by atoms with Crippen LogP contribution in [0.15, 0.2) is 27.4 Å². The van der Waals surface area contributed by atoms with Crippen molar-refractivity contribution in [2.45, 2.75) is 19.4 Å². The molecule has 0 saturated carbocycles. The number of Topliss-reactive ketones (excluding diaryl/α,β-unsaturated/α-hetero) is 1. The predicted octanol–water partition coefficient (Wildman–Crippen LogP) is 0.988. The molecule has 3 rings (SSSR count). The van der Waals surface area contributed by atoms with E-state index in [0.717, 1.165) is 32.6 Å². The molecule has 1 fully saturated rings. The van der Waals surface area contributed by atoms with Gasteiger partial charge in [-0.05, 0) is 24.6 Å². The average Bonchev–Trinajstić information content (AvgIpc) is 2.88. The molecule has 2 heterocycles. The number of fused-ring (bicyclic) bond motifs is 1. The molecule has 0 bridgehead atoms. The summed E-state index contributed by atoms with van der Waals surface area (Å²) in [6, 6.07) is 5.01. The van der Waals surface area contributed by atoms with Crippen LogP contribution in [0.2, 0.25) is 0 Å². The maximum Gasteiger partial charge on any atom is 0.417 e. The van der Waals surface area contributed by atoms with E-state index in [-0.39, 0.29) is 11.8 Å². The number of carbonyl (C=O) groups is 1. The third-order valence-electron chi connectivity index (χ3n) is 3.99. The Hall–Kier alpha value is -1.92. The third kappa shape index (κ3) is 2.77. The molecular weight excluding hydrogens is 270 g/mol. The molecule has 112 valence electrons. The van der Waals surface area contributed by atoms with Gasteiger partial charge in [-0.15, -0.1) is 0 Å². The van der Waals surface area contributed by atoms with Crippen molar-refractivity contribution >= 4 is 16.9 Å². The van der Waals surface area contributed by atoms with Crippen LogP contribution in [0.3, 0.4) is 0 Å². The van der Waals surface area contributed by atoms with Gasteiger partial charge in [0.15, 0.2) is 11.4 Å². The van der Waals surface area contributed by atoms with Gasteiger partial charge in [-0.25, -0.2) is 4.79 Å². The number of ketones is 1. The monoisotopic (exact) mass is 289 g/mol. The van der Waals surface area contributed by atoms with Crippen LogP contribution in [-0.2, 0) is 0 Å². The molecule has 0 aliphatic carbocycles. The van der Waals surface area contributed by atoms with E-state index in [1.165, 1.54) is 0 Å². The molecule has 0 spiro atoms. The Morgan fingerprint density at radius 2 is 2.14 bits per heavy atom. The Morgan fingerprint density at radius 3 is 2.86 bits per heavy atom. The number of benzene rings is 1. The number of H-pyrrole nitrogens is 1. The number of nitrogens with zero attached hydrogens (tertiary/aromatic N) is 1. The van der Waals surface area contributed by atoms with Crippen molar-refractivity contribution < 1.29 is 9.21 Å². The second kappa shape index (κ2) is 5.83. The molecule has 1 unspecified atom stereocenters. The van der Waals surface area contributed by atoms with Crippen molar-refractivity contribution in [2.24, 2.45) is 0 Å². The molecule has 1 aliphatic rings. The van der Waals surface area contributed by atoms with Gasteiger partial charge in [0.2, 0.25) is 0 Å². The smallest absolute Gasteiger partial charge is 0.408 e. The Morgan fingerprint density at radius 1 is 1.38 bits per heavy atom. The Balaban J connectivity index is 1.88. The average molecular weight is 289 g/mol. The van der Waals surface area contributed by atoms with Gasteiger partial charge in [-0.3, -0.25) is 14.7 Å². The number of piperazine rings is 1. The van der Waals surface area contributed by atoms with Crippen LogP contribution in [0.4, 0.5) is 0 Å². The molecule has 1 atom stereocenters. The third-order valence-corrected chi connectivity index (χ3v) is 3.99. The molecule has 6 nitrogen and oxygen atoms in total. The second-order valence-electron chi connectivity index (χ2n) is 5.30. The van der Waals surface area contributed by atoms with Crippen LogP contribution in [0.1, 0.15) is 23.7 Å². The molecule has 0 amide bonds. The molecular formula is C15H19N3O3. The van der Waals surface area contributed by atoms with Crippen LogP contribution < -0.4 is 11.1 Å². The molecule has 1 aromatic carbocycles. The van der Waals surface area contributed by atoms with E-state index in [1.807, 2.05) is 6.92 Å². The van der Waals surface area contributed by atoms with E-state index in [2.05, 4.69) is 15.2 Å². The van der Waals surface area contributed by atoms with Gasteiger partial charge < -0.3 is 9.73 Å². The molecule has 6 heteroatoms. The predicted molar refractivity (Wildman–Crippen MR) is 79.7 cm³/mol. The molecule has 1 aromatic heterocycles. The maximum absolute atomic E-state index is 12.7. The summed E-state index contributed by atoms with van der Waals surface area (Å²) in [6.45, 7) is 5.61. The molecule has 2 aromatic rings. The van der Waals surface area contributed by atoms with Crippen LogP contribution in [0, 0.1) is 0 Å². The topological polar surface area (TPSA) is 78.3 Å². The summed E-state index contributed by atoms with van der Waals surface area (Å²) in [7, 11) is 0. The first-order chi connectivity index (χ1) is 10.2. The largest absolute Gasteiger partial charge is 0.417 e. The fourth-order valence-electron chi connectivity index (χ4n) is 2.89. The van der Waals surface area contributed by atoms with Gasteiger partial charge in [0.05, 0.1) is 11.6 Å². The number of aromatic nitrogens is 1. The lowest BCUT2D eigenvalue weighted by Crippen LogP contribution is -2.51. The summed E-state index contributed by atoms with van der Waals surface area (Å²) >= 11 is 0. The molecule has 2 N–H and O–H groups in total. The molecule has 1 saturated heterocycles. The van der Waals surface area contributed by atoms with Crippen molar-refractivity contribution in [3.63, 3.8) is 0 Å². The standard InChI is InChI=1S/C15H19N3O3/c1-2-12(18-7-5-16-6-8-18)14(19)10-3-4-11-13(9-10)21-15(20)17-11/h3-4,9,12,16H,2,5-8H2,1H3,(H,17,20). The van der Waals surface area contributed by atoms with E-state index in [9.17, 15) is 9.59 Å². The van der Waals surface area contributed by atoms with Gasteiger partial charge in [-0.1, -0.05) is 6.92 Å². The normalized spacial score (nSPS) is 18.0. The molecule has 21 heavy (non-hydrogen) atoms. The minimum absolute atomic E-state index is 0.0881. The first-order valence-electron chi connectivity index (χ1n) is 7.31. The SMILES string of the molecule is CCC(C(=O)c1ccc2[nH]c(=O)oc2c1)N1CCNCC1. The van der Waals surface area contributed by atoms with E-state index >= 15 is 0 Å². The quantitative estimate of drug-likeness (QED) is 0.821. The minimum atomic E-state index is -0.497. The molecule has 1 aliphatic heterocycles. The lowest BCUT2D eigenvalue weighted by atomic mass is 10.00. The van der Waals surface area contributed by atoms with Crippen molar-refractivity contribution in [1.29, 1.82) is 0 Å². The van der Waals surface area contributed by atoms with Gasteiger partial charge in [0.25, 0.3) is 0 Å². The van der Waals surface area contributed by atoms with Crippen LogP contribution in [0.5, 0.6) is 0 Å². The summed E-state index contributed by atoms with van der Waals surface area (Å²) in [5.74, 6) is -0.408. The zero-order valence-electron chi connectivity index (χ0n) is 12.0. The van der Waals surface area contributed by atoms with E-state index < -0.39 is 5.76 Å². The van der Waals surface area contributed by atoms with E-state index in [0.29, 0.717) is 16.7 Å². The number of carbonyl (C=O) groups excluding carboxylic acids is 1. The lowest BCUT2D eigenvalue weighted by Gasteiger charge is -2.33. The minimum Gasteiger partial charge on any atom is -0.408 e. The zero-order chi connectivity index (χ0) is 14.8. The summed E-state index contributed by atoms with van der Waals surface area (Å²) in [5.41, 5.74) is 1.64. The van der Waals surface area contributed by atoms with E-state index in [1.54, 1.807) is 18.2 Å². The highest BCUT2D eigenvalue weighted by Crippen LogP contribution is 2.17. The number of aromatic amines is 1. The fraction of sp³-hybridized carbons (Fsp3) is 0.467. The highest BCUT2D eigenvalue weighted by molar-refractivity contribution is 6.02. The second-order valence-corrected chi connectivity index (χ2v) is 5.30. The number of rotatable bonds is 4. The van der Waals surface area contributed by atoms with E-state index in [4.69, 9.17) is 4.42 Å². The highest BCUT2D eigenvalue weighted by atomic mass is 16.4. The first-order valence-corrected chi connectivity index (χ1v) is 7.31. The Labute approximate surface area is 122 Å². The Bertz CT molecular complexity index is 697. The molecule has 0 radical (unpaired) electrons. The lowest BCUT2D eigenvalue weighted by molar-refractivity contribution is 0.0790. The highest BCUT2D eigenvalue weighted by Gasteiger charge is 2.26. The van der Waals surface area contributed by atoms with Crippen LogP contribution >= 0.6 is 0 Å². The van der Waals surface area contributed by atoms with Gasteiger partial charge >= 0.3 is 5.76 Å². The first kappa shape index (κ1) is 14.0. The van der Waals surface area contributed by atoms with Gasteiger partial charge in [0, 0.05) is 31.7 Å². The van der Waals surface area contributed by atoms with Crippen molar-refractivity contribution in [2.75, 3.05) is 26.2 Å². The summed E-state index contributed by atoms with van der Waals surface area (Å²) < 4.78 is 5.03. The maximum atomic E-state index is 12.7. The number of oxazole rings is 1. The summed E-state index contributed by atoms with van der Waals surface area (Å²) in [5, 5.41) is 3.29. The van der Waals surface area contributed by atoms with Crippen molar-refractivity contribution in [3.05, 3.63) is 34.3 Å². The fourth-order valence-corrected chi connectivity index (χ4v) is 2.89. The summed E-state index contributed by atoms with van der Waals surface area (Å²) in [4.78, 5) is 28.7. The Kier molecular flexibility index (Phi) is 3.90. The zero-order valence-corrected chi connectivity index (χ0v) is 12.0. The van der Waals surface area contributed by atoms with Gasteiger partial charge in [0.1, 0.15) is 0 Å². The number of hydrogen-bond acceptors (Lipinski definition) is 5. The van der Waals surface area contributed by atoms with Crippen LogP contribution in [0.25, 0.3) is 11.1 Å². The summed E-state index contributed by atoms with van der Waals surface area (Å²) in [6.07, 6.45) is 0.772.